The zero-order valence-electron chi connectivity index (χ0n) is 18.3. The van der Waals surface area contributed by atoms with Gasteiger partial charge >= 0.3 is 0 Å². The number of aromatic nitrogens is 2. The van der Waals surface area contributed by atoms with Gasteiger partial charge in [-0.25, -0.2) is 0 Å². The molecule has 0 aliphatic carbocycles. The zero-order chi connectivity index (χ0) is 23.2. The largest absolute Gasteiger partial charge is 0.348 e. The minimum absolute atomic E-state index is 0.167. The smallest absolute Gasteiger partial charge is 0.271 e. The van der Waals surface area contributed by atoms with Crippen molar-refractivity contribution < 1.29 is 4.79 Å². The van der Waals surface area contributed by atoms with Gasteiger partial charge in [-0.1, -0.05) is 41.6 Å². The molecule has 1 amide bonds. The van der Waals surface area contributed by atoms with E-state index in [9.17, 15) is 9.59 Å². The van der Waals surface area contributed by atoms with Gasteiger partial charge in [0.1, 0.15) is 5.03 Å². The maximum Gasteiger partial charge on any atom is 0.271 e. The molecule has 0 bridgehead atoms. The lowest BCUT2D eigenvalue weighted by Crippen LogP contribution is -2.23. The Morgan fingerprint density at radius 2 is 1.55 bits per heavy atom. The van der Waals surface area contributed by atoms with Crippen LogP contribution in [0.25, 0.3) is 5.69 Å². The monoisotopic (exact) mass is 473 g/mol. The average molecular weight is 474 g/mol. The Balaban J connectivity index is 1.45. The quantitative estimate of drug-likeness (QED) is 0.367. The number of carbonyl (C=O) groups excluding carboxylic acids is 1. The van der Waals surface area contributed by atoms with E-state index in [0.717, 1.165) is 10.5 Å². The number of carbonyl (C=O) groups is 1. The number of aryl methyl sites for hydroxylation is 1. The van der Waals surface area contributed by atoms with Crippen molar-refractivity contribution in [3.63, 3.8) is 0 Å². The lowest BCUT2D eigenvalue weighted by molar-refractivity contribution is 0.0951. The number of rotatable bonds is 7. The van der Waals surface area contributed by atoms with Gasteiger partial charge in [-0.3, -0.25) is 9.59 Å². The molecular weight excluding hydrogens is 450 g/mol. The van der Waals surface area contributed by atoms with E-state index in [1.165, 1.54) is 33.0 Å². The average Bonchev–Trinajstić information content (AvgIpc) is 2.85. The number of amides is 1. The number of benzene rings is 3. The van der Waals surface area contributed by atoms with Crippen LogP contribution in [0.4, 0.5) is 0 Å². The van der Waals surface area contributed by atoms with Crippen molar-refractivity contribution in [2.75, 3.05) is 6.26 Å². The zero-order valence-corrected chi connectivity index (χ0v) is 20.0. The molecule has 1 aromatic heterocycles. The van der Waals surface area contributed by atoms with E-state index in [1.54, 1.807) is 42.1 Å². The molecule has 3 aromatic carbocycles. The van der Waals surface area contributed by atoms with E-state index in [-0.39, 0.29) is 11.5 Å². The molecular formula is C26H23N3O2S2. The van der Waals surface area contributed by atoms with Gasteiger partial charge in [0.15, 0.2) is 0 Å². The fourth-order valence-corrected chi connectivity index (χ4v) is 4.32. The molecule has 0 aliphatic rings. The molecule has 4 rings (SSSR count). The summed E-state index contributed by atoms with van der Waals surface area (Å²) in [6, 6.07) is 26.3. The molecule has 0 unspecified atom stereocenters. The fourth-order valence-electron chi connectivity index (χ4n) is 3.14. The van der Waals surface area contributed by atoms with Gasteiger partial charge in [-0.15, -0.1) is 11.8 Å². The minimum Gasteiger partial charge on any atom is -0.348 e. The Kier molecular flexibility index (Phi) is 7.32. The first kappa shape index (κ1) is 22.9. The molecule has 7 heteroatoms. The second-order valence-corrected chi connectivity index (χ2v) is 9.39. The van der Waals surface area contributed by atoms with Crippen LogP contribution in [0.15, 0.2) is 105 Å². The van der Waals surface area contributed by atoms with Gasteiger partial charge in [0.05, 0.1) is 5.69 Å². The first-order chi connectivity index (χ1) is 16.0. The third-order valence-electron chi connectivity index (χ3n) is 5.01. The second-order valence-electron chi connectivity index (χ2n) is 7.41. The number of nitrogens with one attached hydrogen (secondary N) is 1. The van der Waals surface area contributed by atoms with E-state index < -0.39 is 0 Å². The number of hydrogen-bond donors (Lipinski definition) is 1. The molecule has 1 N–H and O–H groups in total. The summed E-state index contributed by atoms with van der Waals surface area (Å²) >= 11 is 3.18. The van der Waals surface area contributed by atoms with Crippen molar-refractivity contribution in [1.82, 2.24) is 15.1 Å². The summed E-state index contributed by atoms with van der Waals surface area (Å²) < 4.78 is 1.35. The van der Waals surface area contributed by atoms with E-state index >= 15 is 0 Å². The van der Waals surface area contributed by atoms with E-state index in [4.69, 9.17) is 0 Å². The van der Waals surface area contributed by atoms with Gasteiger partial charge < -0.3 is 5.32 Å². The highest BCUT2D eigenvalue weighted by molar-refractivity contribution is 7.99. The summed E-state index contributed by atoms with van der Waals surface area (Å²) in [5, 5.41) is 8.14. The van der Waals surface area contributed by atoms with Crippen LogP contribution in [0.5, 0.6) is 0 Å². The number of nitrogens with zero attached hydrogens (tertiary/aromatic N) is 2. The highest BCUT2D eigenvalue weighted by Crippen LogP contribution is 2.25. The Labute approximate surface area is 201 Å². The van der Waals surface area contributed by atoms with Crippen LogP contribution >= 0.6 is 23.5 Å². The molecule has 33 heavy (non-hydrogen) atoms. The molecule has 0 saturated carbocycles. The summed E-state index contributed by atoms with van der Waals surface area (Å²) in [4.78, 5) is 27.2. The van der Waals surface area contributed by atoms with Gasteiger partial charge in [0.25, 0.3) is 11.5 Å². The second kappa shape index (κ2) is 10.6. The molecule has 0 saturated heterocycles. The van der Waals surface area contributed by atoms with E-state index in [2.05, 4.69) is 10.4 Å². The van der Waals surface area contributed by atoms with Crippen molar-refractivity contribution in [2.45, 2.75) is 28.3 Å². The molecule has 0 spiro atoms. The van der Waals surface area contributed by atoms with Crippen LogP contribution in [0, 0.1) is 6.92 Å². The van der Waals surface area contributed by atoms with Crippen molar-refractivity contribution in [3.05, 3.63) is 112 Å². The minimum atomic E-state index is -0.228. The maximum absolute atomic E-state index is 12.5. The summed E-state index contributed by atoms with van der Waals surface area (Å²) in [6.07, 6.45) is 2.03. The van der Waals surface area contributed by atoms with Gasteiger partial charge in [0, 0.05) is 28.0 Å². The SMILES string of the molecule is CSc1ccc(CNC(=O)c2ccc(-n3nc(Sc4ccc(C)cc4)ccc3=O)cc2)cc1. The van der Waals surface area contributed by atoms with Crippen LogP contribution < -0.4 is 10.9 Å². The van der Waals surface area contributed by atoms with Gasteiger partial charge in [0.2, 0.25) is 0 Å². The molecule has 4 aromatic rings. The van der Waals surface area contributed by atoms with Gasteiger partial charge in [-0.2, -0.15) is 9.78 Å². The molecule has 0 fully saturated rings. The predicted molar refractivity (Wildman–Crippen MR) is 135 cm³/mol. The molecule has 0 atom stereocenters. The summed E-state index contributed by atoms with van der Waals surface area (Å²) in [7, 11) is 0. The van der Waals surface area contributed by atoms with Crippen LogP contribution in [0.2, 0.25) is 0 Å². The normalized spacial score (nSPS) is 10.7. The highest BCUT2D eigenvalue weighted by Gasteiger charge is 2.09. The van der Waals surface area contributed by atoms with Crippen molar-refractivity contribution >= 4 is 29.4 Å². The molecule has 166 valence electrons. The summed E-state index contributed by atoms with van der Waals surface area (Å²) in [5.41, 5.74) is 3.13. The maximum atomic E-state index is 12.5. The lowest BCUT2D eigenvalue weighted by Gasteiger charge is -2.09. The Hall–Kier alpha value is -3.29. The predicted octanol–water partition coefficient (Wildman–Crippen LogP) is 5.34. The van der Waals surface area contributed by atoms with Crippen LogP contribution in [-0.4, -0.2) is 21.9 Å². The Morgan fingerprint density at radius 3 is 2.21 bits per heavy atom. The molecule has 0 radical (unpaired) electrons. The third-order valence-corrected chi connectivity index (χ3v) is 6.68. The first-order valence-corrected chi connectivity index (χ1v) is 12.4. The molecule has 5 nitrogen and oxygen atoms in total. The van der Waals surface area contributed by atoms with Crippen LogP contribution in [-0.2, 0) is 6.54 Å². The third kappa shape index (κ3) is 5.94. The molecule has 0 aliphatic heterocycles. The van der Waals surface area contributed by atoms with Crippen molar-refractivity contribution in [1.29, 1.82) is 0 Å². The van der Waals surface area contributed by atoms with Gasteiger partial charge in [-0.05, 0) is 73.3 Å². The van der Waals surface area contributed by atoms with E-state index in [0.29, 0.717) is 22.8 Å². The Morgan fingerprint density at radius 1 is 0.879 bits per heavy atom. The topological polar surface area (TPSA) is 64.0 Å². The lowest BCUT2D eigenvalue weighted by atomic mass is 10.1. The van der Waals surface area contributed by atoms with Crippen molar-refractivity contribution in [2.24, 2.45) is 0 Å². The summed E-state index contributed by atoms with van der Waals surface area (Å²) in [5.74, 6) is -0.167. The van der Waals surface area contributed by atoms with Crippen LogP contribution in [0.3, 0.4) is 0 Å². The first-order valence-electron chi connectivity index (χ1n) is 10.4. The fraction of sp³-hybridized carbons (Fsp3) is 0.115. The van der Waals surface area contributed by atoms with Crippen LogP contribution in [0.1, 0.15) is 21.5 Å². The molecule has 1 heterocycles. The van der Waals surface area contributed by atoms with E-state index in [1.807, 2.05) is 61.7 Å². The standard InChI is InChI=1S/C26H23N3O2S2/c1-18-3-11-23(12-4-18)33-24-15-16-25(30)29(28-24)21-9-7-20(8-10-21)26(31)27-17-19-5-13-22(32-2)14-6-19/h3-16H,17H2,1-2H3,(H,27,31). The highest BCUT2D eigenvalue weighted by atomic mass is 32.2. The summed E-state index contributed by atoms with van der Waals surface area (Å²) in [6.45, 7) is 2.49. The van der Waals surface area contributed by atoms with Crippen molar-refractivity contribution in [3.8, 4) is 5.69 Å². The number of thioether (sulfide) groups is 1. The number of hydrogen-bond acceptors (Lipinski definition) is 5. The Bertz CT molecular complexity index is 1300.